The van der Waals surface area contributed by atoms with Gasteiger partial charge >= 0.3 is 0 Å². The molecular formula is C13H20N4O3. The highest BCUT2D eigenvalue weighted by Gasteiger charge is 2.26. The molecule has 1 atom stereocenters. The lowest BCUT2D eigenvalue weighted by molar-refractivity contribution is -0.142. The fraction of sp³-hybridized carbons (Fsp3) is 0.615. The SMILES string of the molecule is Cc1nc([C@H]2CN(C(=O)CO)CCO2)cc(N(C)C)n1. The summed E-state index contributed by atoms with van der Waals surface area (Å²) in [5.74, 6) is 1.19. The minimum absolute atomic E-state index is 0.278. The first-order valence-corrected chi connectivity index (χ1v) is 6.54. The molecule has 1 aliphatic heterocycles. The summed E-state index contributed by atoms with van der Waals surface area (Å²) in [7, 11) is 3.82. The predicted molar refractivity (Wildman–Crippen MR) is 73.5 cm³/mol. The first-order valence-electron chi connectivity index (χ1n) is 6.54. The number of aryl methyl sites for hydroxylation is 1. The van der Waals surface area contributed by atoms with E-state index in [0.29, 0.717) is 25.5 Å². The van der Waals surface area contributed by atoms with E-state index in [-0.39, 0.29) is 12.0 Å². The number of carbonyl (C=O) groups excluding carboxylic acids is 1. The number of hydrogen-bond donors (Lipinski definition) is 1. The number of anilines is 1. The Labute approximate surface area is 118 Å². The lowest BCUT2D eigenvalue weighted by Gasteiger charge is -2.32. The Morgan fingerprint density at radius 3 is 2.95 bits per heavy atom. The van der Waals surface area contributed by atoms with E-state index in [4.69, 9.17) is 9.84 Å². The van der Waals surface area contributed by atoms with Crippen LogP contribution in [0, 0.1) is 6.92 Å². The maximum Gasteiger partial charge on any atom is 0.248 e. The van der Waals surface area contributed by atoms with Crippen LogP contribution in [0.3, 0.4) is 0 Å². The van der Waals surface area contributed by atoms with Crippen LogP contribution in [0.15, 0.2) is 6.07 Å². The van der Waals surface area contributed by atoms with Crippen molar-refractivity contribution in [1.29, 1.82) is 0 Å². The number of rotatable bonds is 3. The van der Waals surface area contributed by atoms with Gasteiger partial charge in [0.05, 0.1) is 18.8 Å². The largest absolute Gasteiger partial charge is 0.387 e. The van der Waals surface area contributed by atoms with Gasteiger partial charge in [-0.3, -0.25) is 4.79 Å². The van der Waals surface area contributed by atoms with Crippen LogP contribution in [-0.2, 0) is 9.53 Å². The molecule has 0 radical (unpaired) electrons. The number of aliphatic hydroxyl groups excluding tert-OH is 1. The molecular weight excluding hydrogens is 260 g/mol. The van der Waals surface area contributed by atoms with E-state index >= 15 is 0 Å². The Hall–Kier alpha value is -1.73. The number of aliphatic hydroxyl groups is 1. The number of morpholine rings is 1. The van der Waals surface area contributed by atoms with Gasteiger partial charge in [0.2, 0.25) is 5.91 Å². The van der Waals surface area contributed by atoms with Gasteiger partial charge in [0.25, 0.3) is 0 Å². The average molecular weight is 280 g/mol. The third-order valence-electron chi connectivity index (χ3n) is 3.19. The van der Waals surface area contributed by atoms with Crippen LogP contribution in [0.1, 0.15) is 17.6 Å². The zero-order chi connectivity index (χ0) is 14.7. The molecule has 0 bridgehead atoms. The van der Waals surface area contributed by atoms with E-state index in [1.54, 1.807) is 4.90 Å². The van der Waals surface area contributed by atoms with Gasteiger partial charge in [0, 0.05) is 26.7 Å². The van der Waals surface area contributed by atoms with E-state index in [1.165, 1.54) is 0 Å². The van der Waals surface area contributed by atoms with Crippen LogP contribution in [-0.4, -0.2) is 66.3 Å². The van der Waals surface area contributed by atoms with Crippen molar-refractivity contribution in [2.24, 2.45) is 0 Å². The van der Waals surface area contributed by atoms with Crippen LogP contribution < -0.4 is 4.90 Å². The molecule has 1 saturated heterocycles. The van der Waals surface area contributed by atoms with E-state index in [0.717, 1.165) is 11.5 Å². The van der Waals surface area contributed by atoms with Crippen LogP contribution >= 0.6 is 0 Å². The van der Waals surface area contributed by atoms with Crippen molar-refractivity contribution >= 4 is 11.7 Å². The molecule has 0 spiro atoms. The minimum Gasteiger partial charge on any atom is -0.387 e. The van der Waals surface area contributed by atoms with Gasteiger partial charge in [-0.05, 0) is 6.92 Å². The molecule has 1 fully saturated rings. The van der Waals surface area contributed by atoms with Gasteiger partial charge in [0.1, 0.15) is 24.4 Å². The zero-order valence-electron chi connectivity index (χ0n) is 12.0. The highest BCUT2D eigenvalue weighted by molar-refractivity contribution is 5.77. The van der Waals surface area contributed by atoms with Crippen molar-refractivity contribution in [1.82, 2.24) is 14.9 Å². The fourth-order valence-corrected chi connectivity index (χ4v) is 2.12. The summed E-state index contributed by atoms with van der Waals surface area (Å²) in [4.78, 5) is 23.8. The highest BCUT2D eigenvalue weighted by Crippen LogP contribution is 2.23. The molecule has 2 heterocycles. The maximum absolute atomic E-state index is 11.6. The molecule has 0 aromatic carbocycles. The molecule has 110 valence electrons. The van der Waals surface area contributed by atoms with Gasteiger partial charge in [-0.1, -0.05) is 0 Å². The quantitative estimate of drug-likeness (QED) is 0.822. The van der Waals surface area contributed by atoms with Crippen molar-refractivity contribution in [3.8, 4) is 0 Å². The lowest BCUT2D eigenvalue weighted by Crippen LogP contribution is -2.43. The maximum atomic E-state index is 11.6. The summed E-state index contributed by atoms with van der Waals surface area (Å²) >= 11 is 0. The van der Waals surface area contributed by atoms with Crippen LogP contribution in [0.4, 0.5) is 5.82 Å². The number of ether oxygens (including phenoxy) is 1. The standard InChI is InChI=1S/C13H20N4O3/c1-9-14-10(6-12(15-9)16(2)3)11-7-17(4-5-20-11)13(19)8-18/h6,11,18H,4-5,7-8H2,1-3H3/t11-/m1/s1. The molecule has 1 amide bonds. The summed E-state index contributed by atoms with van der Waals surface area (Å²) in [6.07, 6.45) is -0.278. The number of nitrogens with zero attached hydrogens (tertiary/aromatic N) is 4. The van der Waals surface area contributed by atoms with Crippen molar-refractivity contribution in [3.63, 3.8) is 0 Å². The van der Waals surface area contributed by atoms with Crippen molar-refractivity contribution in [2.45, 2.75) is 13.0 Å². The Kier molecular flexibility index (Phi) is 4.51. The molecule has 2 rings (SSSR count). The molecule has 7 nitrogen and oxygen atoms in total. The van der Waals surface area contributed by atoms with Crippen molar-refractivity contribution < 1.29 is 14.6 Å². The van der Waals surface area contributed by atoms with Crippen LogP contribution in [0.5, 0.6) is 0 Å². The van der Waals surface area contributed by atoms with E-state index in [2.05, 4.69) is 9.97 Å². The second-order valence-electron chi connectivity index (χ2n) is 4.95. The van der Waals surface area contributed by atoms with Gasteiger partial charge in [-0.15, -0.1) is 0 Å². The number of hydrogen-bond acceptors (Lipinski definition) is 6. The Bertz CT molecular complexity index is 493. The monoisotopic (exact) mass is 280 g/mol. The third-order valence-corrected chi connectivity index (χ3v) is 3.19. The number of aromatic nitrogens is 2. The molecule has 0 saturated carbocycles. The second kappa shape index (κ2) is 6.15. The molecule has 0 aliphatic carbocycles. The zero-order valence-corrected chi connectivity index (χ0v) is 12.0. The summed E-state index contributed by atoms with van der Waals surface area (Å²) in [6, 6.07) is 1.87. The number of carbonyl (C=O) groups is 1. The summed E-state index contributed by atoms with van der Waals surface area (Å²) in [5, 5.41) is 8.94. The molecule has 20 heavy (non-hydrogen) atoms. The van der Waals surface area contributed by atoms with E-state index in [1.807, 2.05) is 32.0 Å². The third kappa shape index (κ3) is 3.23. The summed E-state index contributed by atoms with van der Waals surface area (Å²) < 4.78 is 5.69. The minimum atomic E-state index is -0.474. The average Bonchev–Trinajstić information content (AvgIpc) is 2.45. The van der Waals surface area contributed by atoms with Gasteiger partial charge in [0.15, 0.2) is 0 Å². The van der Waals surface area contributed by atoms with Crippen molar-refractivity contribution in [2.75, 3.05) is 45.3 Å². The molecule has 1 aromatic heterocycles. The topological polar surface area (TPSA) is 78.8 Å². The predicted octanol–water partition coefficient (Wildman–Crippen LogP) is -0.257. The van der Waals surface area contributed by atoms with E-state index in [9.17, 15) is 4.79 Å². The van der Waals surface area contributed by atoms with Gasteiger partial charge < -0.3 is 19.6 Å². The summed E-state index contributed by atoms with van der Waals surface area (Å²) in [5.41, 5.74) is 0.761. The number of amides is 1. The van der Waals surface area contributed by atoms with Gasteiger partial charge in [-0.25, -0.2) is 9.97 Å². The van der Waals surface area contributed by atoms with E-state index < -0.39 is 6.61 Å². The normalized spacial score (nSPS) is 19.0. The first kappa shape index (κ1) is 14.7. The molecule has 1 aliphatic rings. The Morgan fingerprint density at radius 2 is 2.30 bits per heavy atom. The van der Waals surface area contributed by atoms with Crippen LogP contribution in [0.25, 0.3) is 0 Å². The Balaban J connectivity index is 2.20. The second-order valence-corrected chi connectivity index (χ2v) is 4.95. The summed E-state index contributed by atoms with van der Waals surface area (Å²) in [6.45, 7) is 2.70. The van der Waals surface area contributed by atoms with Gasteiger partial charge in [-0.2, -0.15) is 0 Å². The molecule has 1 N–H and O–H groups in total. The Morgan fingerprint density at radius 1 is 1.55 bits per heavy atom. The smallest absolute Gasteiger partial charge is 0.248 e. The van der Waals surface area contributed by atoms with Crippen molar-refractivity contribution in [3.05, 3.63) is 17.6 Å². The molecule has 1 aromatic rings. The highest BCUT2D eigenvalue weighted by atomic mass is 16.5. The first-order chi connectivity index (χ1) is 9.51. The molecule has 7 heteroatoms. The fourth-order valence-electron chi connectivity index (χ4n) is 2.12. The van der Waals surface area contributed by atoms with Crippen LogP contribution in [0.2, 0.25) is 0 Å². The lowest BCUT2D eigenvalue weighted by atomic mass is 10.2. The molecule has 0 unspecified atom stereocenters.